The van der Waals surface area contributed by atoms with Crippen molar-refractivity contribution in [2.75, 3.05) is 49.2 Å². The van der Waals surface area contributed by atoms with Crippen molar-refractivity contribution in [3.63, 3.8) is 0 Å². The van der Waals surface area contributed by atoms with Gasteiger partial charge in [-0.05, 0) is 43.4 Å². The Hall–Kier alpha value is -2.60. The van der Waals surface area contributed by atoms with Gasteiger partial charge in [0.2, 0.25) is 0 Å². The van der Waals surface area contributed by atoms with Crippen LogP contribution in [0.4, 0.5) is 21.5 Å². The molecule has 2 aromatic carbocycles. The van der Waals surface area contributed by atoms with Gasteiger partial charge in [0, 0.05) is 37.4 Å². The van der Waals surface area contributed by atoms with Crippen LogP contribution in [-0.2, 0) is 0 Å². The van der Waals surface area contributed by atoms with E-state index in [-0.39, 0.29) is 11.5 Å². The number of nitrogens with one attached hydrogen (secondary N) is 1. The summed E-state index contributed by atoms with van der Waals surface area (Å²) in [5.74, 6) is -0.787. The van der Waals surface area contributed by atoms with Gasteiger partial charge in [-0.25, -0.2) is 4.39 Å². The predicted molar refractivity (Wildman–Crippen MR) is 94.9 cm³/mol. The molecule has 1 aliphatic heterocycles. The van der Waals surface area contributed by atoms with Gasteiger partial charge in [0.25, 0.3) is 5.91 Å². The Morgan fingerprint density at radius 3 is 2.58 bits per heavy atom. The first-order valence-corrected chi connectivity index (χ1v) is 7.93. The van der Waals surface area contributed by atoms with Crippen molar-refractivity contribution in [2.45, 2.75) is 0 Å². The van der Waals surface area contributed by atoms with E-state index in [1.165, 1.54) is 18.2 Å². The largest absolute Gasteiger partial charge is 0.399 e. The molecule has 6 heteroatoms. The number of nitrogens with two attached hydrogens (primary N) is 1. The zero-order chi connectivity index (χ0) is 17.1. The molecule has 0 bridgehead atoms. The summed E-state index contributed by atoms with van der Waals surface area (Å²) in [5, 5.41) is 2.86. The Morgan fingerprint density at radius 1 is 1.12 bits per heavy atom. The molecule has 1 heterocycles. The third kappa shape index (κ3) is 3.65. The first-order valence-electron chi connectivity index (χ1n) is 7.93. The van der Waals surface area contributed by atoms with Crippen LogP contribution in [0.25, 0.3) is 0 Å². The fraction of sp³-hybridized carbons (Fsp3) is 0.278. The number of carbonyl (C=O) groups is 1. The first-order chi connectivity index (χ1) is 11.5. The average Bonchev–Trinajstić information content (AvgIpc) is 2.56. The average molecular weight is 328 g/mol. The number of nitrogen functional groups attached to an aromatic ring is 1. The van der Waals surface area contributed by atoms with Crippen LogP contribution in [-0.4, -0.2) is 44.0 Å². The van der Waals surface area contributed by atoms with E-state index in [2.05, 4.69) is 22.2 Å². The maximum atomic E-state index is 13.3. The number of rotatable bonds is 3. The van der Waals surface area contributed by atoms with Crippen LogP contribution in [0, 0.1) is 5.82 Å². The van der Waals surface area contributed by atoms with Crippen LogP contribution in [0.1, 0.15) is 10.4 Å². The van der Waals surface area contributed by atoms with Crippen molar-refractivity contribution in [3.05, 3.63) is 53.8 Å². The summed E-state index contributed by atoms with van der Waals surface area (Å²) < 4.78 is 13.3. The molecule has 0 unspecified atom stereocenters. The number of nitrogens with zero attached hydrogens (tertiary/aromatic N) is 2. The number of piperazine rings is 1. The molecule has 3 N–H and O–H groups in total. The number of hydrogen-bond donors (Lipinski definition) is 2. The number of carbonyl (C=O) groups excluding carboxylic acids is 1. The van der Waals surface area contributed by atoms with Crippen molar-refractivity contribution < 1.29 is 9.18 Å². The molecule has 0 saturated carbocycles. The Morgan fingerprint density at radius 2 is 1.88 bits per heavy atom. The maximum absolute atomic E-state index is 13.3. The van der Waals surface area contributed by atoms with Crippen molar-refractivity contribution in [3.8, 4) is 0 Å². The predicted octanol–water partition coefficient (Wildman–Crippen LogP) is 2.41. The minimum Gasteiger partial charge on any atom is -0.399 e. The first kappa shape index (κ1) is 16.3. The standard InChI is InChI=1S/C18H21FN4O/c1-22-7-9-23(10-8-22)17-6-5-15(20)12-16(17)21-18(24)13-3-2-4-14(19)11-13/h2-6,11-12H,7-10,20H2,1H3,(H,21,24). The van der Waals surface area contributed by atoms with E-state index in [4.69, 9.17) is 5.73 Å². The van der Waals surface area contributed by atoms with Gasteiger partial charge in [-0.1, -0.05) is 6.07 Å². The Bertz CT molecular complexity index is 742. The third-order valence-electron chi connectivity index (χ3n) is 4.20. The molecule has 0 aromatic heterocycles. The molecule has 5 nitrogen and oxygen atoms in total. The van der Waals surface area contributed by atoms with Gasteiger partial charge in [-0.15, -0.1) is 0 Å². The van der Waals surface area contributed by atoms with Crippen LogP contribution < -0.4 is 16.0 Å². The van der Waals surface area contributed by atoms with Crippen LogP contribution in [0.5, 0.6) is 0 Å². The molecular weight excluding hydrogens is 307 g/mol. The second kappa shape index (κ2) is 6.88. The molecule has 0 aliphatic carbocycles. The number of halogens is 1. The molecule has 1 amide bonds. The summed E-state index contributed by atoms with van der Waals surface area (Å²) in [6.45, 7) is 3.68. The monoisotopic (exact) mass is 328 g/mol. The smallest absolute Gasteiger partial charge is 0.255 e. The summed E-state index contributed by atoms with van der Waals surface area (Å²) in [4.78, 5) is 16.9. The van der Waals surface area contributed by atoms with E-state index in [0.29, 0.717) is 11.4 Å². The van der Waals surface area contributed by atoms with Crippen molar-refractivity contribution in [1.82, 2.24) is 4.90 Å². The van der Waals surface area contributed by atoms with Crippen LogP contribution in [0.2, 0.25) is 0 Å². The molecule has 24 heavy (non-hydrogen) atoms. The van der Waals surface area contributed by atoms with Crippen molar-refractivity contribution >= 4 is 23.0 Å². The molecule has 2 aromatic rings. The lowest BCUT2D eigenvalue weighted by molar-refractivity contribution is 0.102. The van der Waals surface area contributed by atoms with Gasteiger partial charge in [-0.2, -0.15) is 0 Å². The van der Waals surface area contributed by atoms with Gasteiger partial charge in [0.15, 0.2) is 0 Å². The summed E-state index contributed by atoms with van der Waals surface area (Å²) in [6.07, 6.45) is 0. The van der Waals surface area contributed by atoms with E-state index >= 15 is 0 Å². The van der Waals surface area contributed by atoms with Gasteiger partial charge in [-0.3, -0.25) is 4.79 Å². The van der Waals surface area contributed by atoms with E-state index in [1.807, 2.05) is 12.1 Å². The number of likely N-dealkylation sites (N-methyl/N-ethyl adjacent to an activating group) is 1. The lowest BCUT2D eigenvalue weighted by atomic mass is 10.1. The lowest BCUT2D eigenvalue weighted by Gasteiger charge is -2.35. The molecule has 126 valence electrons. The highest BCUT2D eigenvalue weighted by atomic mass is 19.1. The maximum Gasteiger partial charge on any atom is 0.255 e. The summed E-state index contributed by atoms with van der Waals surface area (Å²) in [6, 6.07) is 11.1. The number of amides is 1. The van der Waals surface area contributed by atoms with E-state index in [1.54, 1.807) is 12.1 Å². The second-order valence-electron chi connectivity index (χ2n) is 6.03. The highest BCUT2D eigenvalue weighted by Gasteiger charge is 2.18. The summed E-state index contributed by atoms with van der Waals surface area (Å²) in [5.41, 5.74) is 8.31. The highest BCUT2D eigenvalue weighted by Crippen LogP contribution is 2.29. The molecule has 1 fully saturated rings. The van der Waals surface area contributed by atoms with E-state index in [9.17, 15) is 9.18 Å². The quantitative estimate of drug-likeness (QED) is 0.850. The van der Waals surface area contributed by atoms with Gasteiger partial charge in [0.05, 0.1) is 11.4 Å². The third-order valence-corrected chi connectivity index (χ3v) is 4.20. The van der Waals surface area contributed by atoms with Crippen molar-refractivity contribution in [2.24, 2.45) is 0 Å². The normalized spacial score (nSPS) is 15.3. The minimum absolute atomic E-state index is 0.279. The van der Waals surface area contributed by atoms with E-state index in [0.717, 1.165) is 31.9 Å². The van der Waals surface area contributed by atoms with Gasteiger partial charge >= 0.3 is 0 Å². The molecule has 1 aliphatic rings. The number of anilines is 3. The SMILES string of the molecule is CN1CCN(c2ccc(N)cc2NC(=O)c2cccc(F)c2)CC1. The minimum atomic E-state index is -0.436. The summed E-state index contributed by atoms with van der Waals surface area (Å²) in [7, 11) is 2.09. The Balaban J connectivity index is 1.84. The Kier molecular flexibility index (Phi) is 4.66. The fourth-order valence-corrected chi connectivity index (χ4v) is 2.80. The molecule has 0 spiro atoms. The van der Waals surface area contributed by atoms with Gasteiger partial charge in [0.1, 0.15) is 5.82 Å². The Labute approximate surface area is 140 Å². The zero-order valence-electron chi connectivity index (χ0n) is 13.6. The van der Waals surface area contributed by atoms with Crippen LogP contribution >= 0.6 is 0 Å². The summed E-state index contributed by atoms with van der Waals surface area (Å²) >= 11 is 0. The van der Waals surface area contributed by atoms with Crippen LogP contribution in [0.15, 0.2) is 42.5 Å². The molecular formula is C18H21FN4O. The highest BCUT2D eigenvalue weighted by molar-refractivity contribution is 6.06. The van der Waals surface area contributed by atoms with Gasteiger partial charge < -0.3 is 20.9 Å². The lowest BCUT2D eigenvalue weighted by Crippen LogP contribution is -2.44. The number of benzene rings is 2. The van der Waals surface area contributed by atoms with Crippen molar-refractivity contribution in [1.29, 1.82) is 0 Å². The van der Waals surface area contributed by atoms with Crippen LogP contribution in [0.3, 0.4) is 0 Å². The van der Waals surface area contributed by atoms with E-state index < -0.39 is 5.82 Å². The topological polar surface area (TPSA) is 61.6 Å². The number of hydrogen-bond acceptors (Lipinski definition) is 4. The molecule has 0 atom stereocenters. The molecule has 0 radical (unpaired) electrons. The molecule has 1 saturated heterocycles. The second-order valence-corrected chi connectivity index (χ2v) is 6.03. The zero-order valence-corrected chi connectivity index (χ0v) is 13.6. The molecule has 3 rings (SSSR count). The fourth-order valence-electron chi connectivity index (χ4n) is 2.80.